The van der Waals surface area contributed by atoms with Crippen LogP contribution in [0.4, 0.5) is 10.5 Å². The second kappa shape index (κ2) is 12.7. The molecule has 1 atom stereocenters. The lowest BCUT2D eigenvalue weighted by Crippen LogP contribution is -2.42. The zero-order chi connectivity index (χ0) is 22.8. The molecule has 31 heavy (non-hydrogen) atoms. The van der Waals surface area contributed by atoms with Crippen molar-refractivity contribution < 1.29 is 19.6 Å². The first-order valence-corrected chi connectivity index (χ1v) is 11.2. The van der Waals surface area contributed by atoms with Crippen molar-refractivity contribution in [1.82, 2.24) is 15.7 Å². The second-order valence-electron chi connectivity index (χ2n) is 8.06. The summed E-state index contributed by atoms with van der Waals surface area (Å²) in [4.78, 5) is 37.9. The molecule has 4 N–H and O–H groups in total. The van der Waals surface area contributed by atoms with Crippen LogP contribution in [0, 0.1) is 11.8 Å². The van der Waals surface area contributed by atoms with Crippen LogP contribution in [0.15, 0.2) is 18.2 Å². The van der Waals surface area contributed by atoms with Gasteiger partial charge in [0.1, 0.15) is 6.54 Å². The Morgan fingerprint density at radius 2 is 1.94 bits per heavy atom. The summed E-state index contributed by atoms with van der Waals surface area (Å²) in [7, 11) is 0. The van der Waals surface area contributed by atoms with Crippen molar-refractivity contribution >= 4 is 46.7 Å². The molecule has 1 aromatic carbocycles. The van der Waals surface area contributed by atoms with E-state index in [1.165, 1.54) is 4.90 Å². The van der Waals surface area contributed by atoms with E-state index in [-0.39, 0.29) is 24.8 Å². The molecule has 4 amide bonds. The van der Waals surface area contributed by atoms with Crippen LogP contribution in [0.3, 0.4) is 0 Å². The van der Waals surface area contributed by atoms with Gasteiger partial charge in [-0.2, -0.15) is 0 Å². The highest BCUT2D eigenvalue weighted by molar-refractivity contribution is 6.35. The van der Waals surface area contributed by atoms with Gasteiger partial charge in [0.05, 0.1) is 10.7 Å². The van der Waals surface area contributed by atoms with Crippen LogP contribution in [-0.2, 0) is 9.59 Å². The van der Waals surface area contributed by atoms with Gasteiger partial charge < -0.3 is 15.5 Å². The molecular weight excluding hydrogens is 443 g/mol. The van der Waals surface area contributed by atoms with Gasteiger partial charge in [-0.05, 0) is 49.3 Å². The quantitative estimate of drug-likeness (QED) is 0.304. The predicted octanol–water partition coefficient (Wildman–Crippen LogP) is 4.06. The topological polar surface area (TPSA) is 111 Å². The van der Waals surface area contributed by atoms with E-state index in [1.807, 2.05) is 6.92 Å². The maximum atomic E-state index is 12.7. The van der Waals surface area contributed by atoms with Gasteiger partial charge in [-0.3, -0.25) is 14.8 Å². The Labute approximate surface area is 192 Å². The van der Waals surface area contributed by atoms with E-state index in [4.69, 9.17) is 28.4 Å². The summed E-state index contributed by atoms with van der Waals surface area (Å²) in [5, 5.41) is 15.0. The molecule has 172 valence electrons. The molecule has 0 radical (unpaired) electrons. The average Bonchev–Trinajstić information content (AvgIpc) is 3.23. The monoisotopic (exact) mass is 472 g/mol. The largest absolute Gasteiger partial charge is 0.338 e. The number of anilines is 1. The van der Waals surface area contributed by atoms with E-state index in [2.05, 4.69) is 10.6 Å². The van der Waals surface area contributed by atoms with E-state index in [0.29, 0.717) is 41.2 Å². The minimum absolute atomic E-state index is 0.00539. The lowest BCUT2D eigenvalue weighted by Gasteiger charge is -2.26. The average molecular weight is 473 g/mol. The summed E-state index contributed by atoms with van der Waals surface area (Å²) in [6.45, 7) is 2.67. The smallest absolute Gasteiger partial charge is 0.319 e. The maximum absolute atomic E-state index is 12.7. The lowest BCUT2D eigenvalue weighted by atomic mass is 10.0. The van der Waals surface area contributed by atoms with Crippen LogP contribution in [0.1, 0.15) is 45.4 Å². The third-order valence-electron chi connectivity index (χ3n) is 5.39. The summed E-state index contributed by atoms with van der Waals surface area (Å²) in [5.41, 5.74) is 2.01. The Morgan fingerprint density at radius 3 is 2.61 bits per heavy atom. The molecule has 2 rings (SSSR count). The molecule has 0 heterocycles. The summed E-state index contributed by atoms with van der Waals surface area (Å²) >= 11 is 11.9. The van der Waals surface area contributed by atoms with Crippen molar-refractivity contribution in [3.63, 3.8) is 0 Å². The van der Waals surface area contributed by atoms with Gasteiger partial charge in [-0.1, -0.05) is 43.0 Å². The molecule has 0 saturated heterocycles. The number of hydrogen-bond acceptors (Lipinski definition) is 4. The molecule has 0 unspecified atom stereocenters. The van der Waals surface area contributed by atoms with Crippen molar-refractivity contribution in [3.8, 4) is 0 Å². The molecule has 0 aliphatic heterocycles. The number of amides is 4. The number of rotatable bonds is 10. The highest BCUT2D eigenvalue weighted by Crippen LogP contribution is 2.26. The molecule has 1 fully saturated rings. The molecule has 1 saturated carbocycles. The molecular formula is C21H30Cl2N4O4. The highest BCUT2D eigenvalue weighted by atomic mass is 35.5. The fourth-order valence-electron chi connectivity index (χ4n) is 3.69. The summed E-state index contributed by atoms with van der Waals surface area (Å²) in [6, 6.07) is 4.38. The van der Waals surface area contributed by atoms with Crippen LogP contribution in [-0.4, -0.2) is 47.6 Å². The van der Waals surface area contributed by atoms with Crippen molar-refractivity contribution in [2.45, 2.75) is 45.4 Å². The Bertz CT molecular complexity index is 772. The summed E-state index contributed by atoms with van der Waals surface area (Å²) in [5.74, 6) is -0.324. The Balaban J connectivity index is 1.77. The minimum atomic E-state index is -0.600. The molecule has 1 aromatic rings. The van der Waals surface area contributed by atoms with Gasteiger partial charge in [0.25, 0.3) is 5.91 Å². The standard InChI is InChI=1S/C21H30Cl2N4O4/c1-14(8-9-24-21(30)25-18-11-16(22)6-7-17(18)23)10-20(29)27(13-19(28)26-31)12-15-4-2-3-5-15/h6-7,11,14-15,31H,2-5,8-10,12-13H2,1H3,(H,26,28)(H2,24,25,30)/t14-/m0/s1. The van der Waals surface area contributed by atoms with Crippen LogP contribution >= 0.6 is 23.2 Å². The lowest BCUT2D eigenvalue weighted by molar-refractivity contribution is -0.140. The third-order valence-corrected chi connectivity index (χ3v) is 5.95. The van der Waals surface area contributed by atoms with Gasteiger partial charge in [0.2, 0.25) is 5.91 Å². The van der Waals surface area contributed by atoms with Crippen LogP contribution < -0.4 is 16.1 Å². The fourth-order valence-corrected chi connectivity index (χ4v) is 4.03. The zero-order valence-electron chi connectivity index (χ0n) is 17.6. The molecule has 1 aliphatic rings. The highest BCUT2D eigenvalue weighted by Gasteiger charge is 2.24. The SMILES string of the molecule is C[C@@H](CCNC(=O)Nc1cc(Cl)ccc1Cl)CC(=O)N(CC(=O)NO)CC1CCCC1. The number of halogens is 2. The Hall–Kier alpha value is -2.03. The van der Waals surface area contributed by atoms with Gasteiger partial charge >= 0.3 is 6.03 Å². The van der Waals surface area contributed by atoms with Gasteiger partial charge in [0.15, 0.2) is 0 Å². The van der Waals surface area contributed by atoms with E-state index in [9.17, 15) is 14.4 Å². The molecule has 8 nitrogen and oxygen atoms in total. The predicted molar refractivity (Wildman–Crippen MR) is 120 cm³/mol. The van der Waals surface area contributed by atoms with Crippen LogP contribution in [0.25, 0.3) is 0 Å². The Morgan fingerprint density at radius 1 is 1.23 bits per heavy atom. The van der Waals surface area contributed by atoms with Crippen molar-refractivity contribution in [2.75, 3.05) is 25.0 Å². The van der Waals surface area contributed by atoms with Gasteiger partial charge in [0, 0.05) is 24.5 Å². The fraction of sp³-hybridized carbons (Fsp3) is 0.571. The summed E-state index contributed by atoms with van der Waals surface area (Å²) < 4.78 is 0. The first-order valence-electron chi connectivity index (χ1n) is 10.5. The van der Waals surface area contributed by atoms with Crippen LogP contribution in [0.2, 0.25) is 10.0 Å². The molecule has 1 aliphatic carbocycles. The third kappa shape index (κ3) is 8.93. The number of benzene rings is 1. The normalized spacial score (nSPS) is 14.7. The zero-order valence-corrected chi connectivity index (χ0v) is 19.1. The van der Waals surface area contributed by atoms with Crippen molar-refractivity contribution in [1.29, 1.82) is 0 Å². The molecule has 0 spiro atoms. The number of carbonyl (C=O) groups excluding carboxylic acids is 3. The van der Waals surface area contributed by atoms with Crippen molar-refractivity contribution in [3.05, 3.63) is 28.2 Å². The number of nitrogens with one attached hydrogen (secondary N) is 3. The summed E-state index contributed by atoms with van der Waals surface area (Å²) in [6.07, 6.45) is 5.24. The molecule has 0 aromatic heterocycles. The number of hydrogen-bond donors (Lipinski definition) is 4. The van der Waals surface area contributed by atoms with Crippen LogP contribution in [0.5, 0.6) is 0 Å². The van der Waals surface area contributed by atoms with E-state index < -0.39 is 11.9 Å². The number of hydroxylamine groups is 1. The Kier molecular flexibility index (Phi) is 10.4. The molecule has 10 heteroatoms. The van der Waals surface area contributed by atoms with E-state index in [0.717, 1.165) is 25.7 Å². The minimum Gasteiger partial charge on any atom is -0.338 e. The number of carbonyl (C=O) groups is 3. The number of nitrogens with zero attached hydrogens (tertiary/aromatic N) is 1. The first-order chi connectivity index (χ1) is 14.8. The van der Waals surface area contributed by atoms with Crippen molar-refractivity contribution in [2.24, 2.45) is 11.8 Å². The first kappa shape index (κ1) is 25.2. The van der Waals surface area contributed by atoms with Gasteiger partial charge in [-0.15, -0.1) is 0 Å². The van der Waals surface area contributed by atoms with Gasteiger partial charge in [-0.25, -0.2) is 10.3 Å². The molecule has 0 bridgehead atoms. The van der Waals surface area contributed by atoms with E-state index in [1.54, 1.807) is 23.7 Å². The maximum Gasteiger partial charge on any atom is 0.319 e. The number of urea groups is 1. The second-order valence-corrected chi connectivity index (χ2v) is 8.91. The van der Waals surface area contributed by atoms with E-state index >= 15 is 0 Å².